The third-order valence-electron chi connectivity index (χ3n) is 6.92. The summed E-state index contributed by atoms with van der Waals surface area (Å²) in [5, 5.41) is 10.6. The van der Waals surface area contributed by atoms with E-state index in [4.69, 9.17) is 0 Å². The van der Waals surface area contributed by atoms with E-state index in [0.717, 1.165) is 10.9 Å². The van der Waals surface area contributed by atoms with Crippen LogP contribution in [0.25, 0.3) is 10.9 Å². The number of fused-ring (bicyclic) bond motifs is 1. The highest BCUT2D eigenvalue weighted by Gasteiger charge is 2.34. The van der Waals surface area contributed by atoms with E-state index in [0.29, 0.717) is 48.5 Å². The maximum atomic E-state index is 13.4. The minimum absolute atomic E-state index is 0.127. The first-order valence-corrected chi connectivity index (χ1v) is 12.0. The second-order valence-electron chi connectivity index (χ2n) is 9.50. The molecule has 3 heterocycles. The number of imide groups is 1. The molecule has 5 rings (SSSR count). The summed E-state index contributed by atoms with van der Waals surface area (Å²) in [6.07, 6.45) is 0.390. The van der Waals surface area contributed by atoms with E-state index in [1.54, 1.807) is 36.0 Å². The normalized spacial score (nSPS) is 20.4. The number of nitrogens with one attached hydrogen (secondary N) is 2. The van der Waals surface area contributed by atoms with Crippen molar-refractivity contribution >= 4 is 34.3 Å². The number of hydrogen-bond acceptors (Lipinski definition) is 5. The van der Waals surface area contributed by atoms with Crippen LogP contribution in [0.4, 0.5) is 14.5 Å². The Labute approximate surface area is 206 Å². The SMILES string of the molecule is Cn1nc(C2CCC(=O)NC2=O)c2cccc(NC(=O)c3ccc(CN4CCC(F)(F)CC4)cc3)c21. The molecule has 1 atom stereocenters. The number of rotatable bonds is 5. The van der Waals surface area contributed by atoms with Gasteiger partial charge in [0.15, 0.2) is 0 Å². The zero-order valence-corrected chi connectivity index (χ0v) is 19.9. The molecule has 1 aromatic heterocycles. The number of carbonyl (C=O) groups excluding carboxylic acids is 3. The first-order chi connectivity index (χ1) is 17.2. The van der Waals surface area contributed by atoms with Crippen molar-refractivity contribution in [3.05, 3.63) is 59.3 Å². The van der Waals surface area contributed by atoms with Gasteiger partial charge in [-0.1, -0.05) is 24.3 Å². The molecule has 8 nitrogen and oxygen atoms in total. The van der Waals surface area contributed by atoms with Gasteiger partial charge in [0.05, 0.1) is 22.8 Å². The van der Waals surface area contributed by atoms with Crippen LogP contribution in [0, 0.1) is 0 Å². The van der Waals surface area contributed by atoms with E-state index >= 15 is 0 Å². The molecule has 2 N–H and O–H groups in total. The van der Waals surface area contributed by atoms with E-state index in [1.165, 1.54) is 0 Å². The van der Waals surface area contributed by atoms with Gasteiger partial charge in [0.2, 0.25) is 11.8 Å². The van der Waals surface area contributed by atoms with Gasteiger partial charge in [-0.25, -0.2) is 8.78 Å². The summed E-state index contributed by atoms with van der Waals surface area (Å²) in [4.78, 5) is 38.9. The van der Waals surface area contributed by atoms with Crippen LogP contribution < -0.4 is 10.6 Å². The van der Waals surface area contributed by atoms with Gasteiger partial charge in [0, 0.05) is 56.9 Å². The molecule has 2 aliphatic rings. The Kier molecular flexibility index (Phi) is 6.29. The lowest BCUT2D eigenvalue weighted by Gasteiger charge is -2.31. The summed E-state index contributed by atoms with van der Waals surface area (Å²) < 4.78 is 28.4. The summed E-state index contributed by atoms with van der Waals surface area (Å²) in [5.41, 5.74) is 3.25. The van der Waals surface area contributed by atoms with Crippen molar-refractivity contribution in [2.75, 3.05) is 18.4 Å². The molecule has 36 heavy (non-hydrogen) atoms. The van der Waals surface area contributed by atoms with Crippen LogP contribution in [-0.2, 0) is 23.2 Å². The Morgan fingerprint density at radius 2 is 1.86 bits per heavy atom. The number of piperidine rings is 2. The molecule has 2 fully saturated rings. The van der Waals surface area contributed by atoms with Gasteiger partial charge < -0.3 is 5.32 Å². The number of nitrogens with zero attached hydrogens (tertiary/aromatic N) is 3. The smallest absolute Gasteiger partial charge is 0.255 e. The van der Waals surface area contributed by atoms with E-state index < -0.39 is 11.8 Å². The molecular weight excluding hydrogens is 468 g/mol. The topological polar surface area (TPSA) is 96.3 Å². The standard InChI is InChI=1S/C26H27F2N5O3/c1-32-23-18(22(31-32)19-9-10-21(34)30-25(19)36)3-2-4-20(23)29-24(35)17-7-5-16(6-8-17)15-33-13-11-26(27,28)12-14-33/h2-8,19H,9-15H2,1H3,(H,29,35)(H,30,34,36). The number of benzene rings is 2. The molecule has 0 aliphatic carbocycles. The average Bonchev–Trinajstić information content (AvgIpc) is 3.18. The minimum Gasteiger partial charge on any atom is -0.320 e. The van der Waals surface area contributed by atoms with E-state index in [9.17, 15) is 23.2 Å². The fourth-order valence-electron chi connectivity index (χ4n) is 4.93. The Bertz CT molecular complexity index is 1330. The second-order valence-corrected chi connectivity index (χ2v) is 9.50. The minimum atomic E-state index is -2.57. The Morgan fingerprint density at radius 1 is 1.14 bits per heavy atom. The van der Waals surface area contributed by atoms with Crippen LogP contribution in [0.2, 0.25) is 0 Å². The Balaban J connectivity index is 1.30. The van der Waals surface area contributed by atoms with Crippen LogP contribution >= 0.6 is 0 Å². The van der Waals surface area contributed by atoms with E-state index in [2.05, 4.69) is 15.7 Å². The van der Waals surface area contributed by atoms with Gasteiger partial charge in [-0.05, 0) is 30.2 Å². The van der Waals surface area contributed by atoms with Gasteiger partial charge >= 0.3 is 0 Å². The molecule has 2 aromatic carbocycles. The summed E-state index contributed by atoms with van der Waals surface area (Å²) in [6, 6.07) is 12.5. The van der Waals surface area contributed by atoms with Crippen LogP contribution in [0.3, 0.4) is 0 Å². The molecule has 1 unspecified atom stereocenters. The van der Waals surface area contributed by atoms with Crippen LogP contribution in [-0.4, -0.2) is 51.4 Å². The quantitative estimate of drug-likeness (QED) is 0.528. The number of halogens is 2. The van der Waals surface area contributed by atoms with Crippen LogP contribution in [0.5, 0.6) is 0 Å². The summed E-state index contributed by atoms with van der Waals surface area (Å²) in [7, 11) is 1.75. The molecule has 0 saturated carbocycles. The molecule has 3 amide bonds. The molecule has 3 aromatic rings. The van der Waals surface area contributed by atoms with Gasteiger partial charge in [0.1, 0.15) is 0 Å². The highest BCUT2D eigenvalue weighted by atomic mass is 19.3. The number of likely N-dealkylation sites (tertiary alicyclic amines) is 1. The number of amides is 3. The second kappa shape index (κ2) is 9.42. The number of aromatic nitrogens is 2. The van der Waals surface area contributed by atoms with Crippen molar-refractivity contribution in [3.63, 3.8) is 0 Å². The Morgan fingerprint density at radius 3 is 2.56 bits per heavy atom. The largest absolute Gasteiger partial charge is 0.320 e. The lowest BCUT2D eigenvalue weighted by Crippen LogP contribution is -2.39. The predicted octanol–water partition coefficient (Wildman–Crippen LogP) is 3.58. The number of hydrogen-bond donors (Lipinski definition) is 2. The monoisotopic (exact) mass is 495 g/mol. The highest BCUT2D eigenvalue weighted by Crippen LogP contribution is 2.33. The van der Waals surface area contributed by atoms with Crippen LogP contribution in [0.1, 0.15) is 53.2 Å². The van der Waals surface area contributed by atoms with Gasteiger partial charge in [-0.15, -0.1) is 0 Å². The molecule has 0 spiro atoms. The molecule has 2 saturated heterocycles. The number of alkyl halides is 2. The van der Waals surface area contributed by atoms with Gasteiger partial charge in [0.25, 0.3) is 11.8 Å². The van der Waals surface area contributed by atoms with Crippen molar-refractivity contribution < 1.29 is 23.2 Å². The van der Waals surface area contributed by atoms with E-state index in [1.807, 2.05) is 23.1 Å². The number of para-hydroxylation sites is 1. The third-order valence-corrected chi connectivity index (χ3v) is 6.92. The lowest BCUT2D eigenvalue weighted by atomic mass is 9.92. The molecule has 0 radical (unpaired) electrons. The van der Waals surface area contributed by atoms with Crippen molar-refractivity contribution in [2.45, 2.75) is 44.1 Å². The zero-order valence-electron chi connectivity index (χ0n) is 19.9. The summed E-state index contributed by atoms with van der Waals surface area (Å²) in [6.45, 7) is 1.27. The number of anilines is 1. The highest BCUT2D eigenvalue weighted by molar-refractivity contribution is 6.09. The first-order valence-electron chi connectivity index (χ1n) is 12.0. The maximum Gasteiger partial charge on any atom is 0.255 e. The first kappa shape index (κ1) is 24.1. The fourth-order valence-corrected chi connectivity index (χ4v) is 4.93. The Hall–Kier alpha value is -3.66. The summed E-state index contributed by atoms with van der Waals surface area (Å²) >= 11 is 0. The van der Waals surface area contributed by atoms with Crippen molar-refractivity contribution in [3.8, 4) is 0 Å². The zero-order chi connectivity index (χ0) is 25.4. The van der Waals surface area contributed by atoms with Crippen molar-refractivity contribution in [1.29, 1.82) is 0 Å². The average molecular weight is 496 g/mol. The van der Waals surface area contributed by atoms with Gasteiger partial charge in [-0.2, -0.15) is 5.10 Å². The molecule has 188 valence electrons. The predicted molar refractivity (Wildman–Crippen MR) is 130 cm³/mol. The van der Waals surface area contributed by atoms with Crippen molar-refractivity contribution in [1.82, 2.24) is 20.0 Å². The molecular formula is C26H27F2N5O3. The van der Waals surface area contributed by atoms with Crippen molar-refractivity contribution in [2.24, 2.45) is 7.05 Å². The molecule has 2 aliphatic heterocycles. The maximum absolute atomic E-state index is 13.4. The number of aryl methyl sites for hydroxylation is 1. The van der Waals surface area contributed by atoms with E-state index in [-0.39, 0.29) is 37.0 Å². The molecule has 10 heteroatoms. The van der Waals surface area contributed by atoms with Crippen LogP contribution in [0.15, 0.2) is 42.5 Å². The van der Waals surface area contributed by atoms with Gasteiger partial charge in [-0.3, -0.25) is 29.3 Å². The number of carbonyl (C=O) groups is 3. The summed E-state index contributed by atoms with van der Waals surface area (Å²) in [5.74, 6) is -4.05. The molecule has 0 bridgehead atoms. The lowest BCUT2D eigenvalue weighted by molar-refractivity contribution is -0.134. The fraction of sp³-hybridized carbons (Fsp3) is 0.385. The third kappa shape index (κ3) is 4.86.